The summed E-state index contributed by atoms with van der Waals surface area (Å²) in [5.74, 6) is 0.0373. The molecule has 0 saturated carbocycles. The molecule has 1 N–H and O–H groups in total. The molecule has 6 nitrogen and oxygen atoms in total. The Labute approximate surface area is 195 Å². The van der Waals surface area contributed by atoms with E-state index in [-0.39, 0.29) is 0 Å². The van der Waals surface area contributed by atoms with Crippen LogP contribution in [-0.2, 0) is 11.3 Å². The van der Waals surface area contributed by atoms with Gasteiger partial charge in [-0.15, -0.1) is 11.3 Å². The standard InChI is InChI=1S/C24H22N4O2S2/c1-3-30-23(29)19-14-26-24(31-2)28-21(19)25-13-16-9-11-18(12-10-16)22-27-20(15-32-22)17-7-5-4-6-8-17/h4-12,14-15H,3,13H2,1-2H3,(H,25,26,28). The second-order valence-corrected chi connectivity index (χ2v) is 8.43. The first-order valence-electron chi connectivity index (χ1n) is 10.1. The largest absolute Gasteiger partial charge is 0.462 e. The molecular formula is C24H22N4O2S2. The second kappa shape index (κ2) is 10.4. The van der Waals surface area contributed by atoms with Gasteiger partial charge in [0.05, 0.1) is 12.3 Å². The van der Waals surface area contributed by atoms with Gasteiger partial charge in [-0.05, 0) is 18.7 Å². The molecule has 0 saturated heterocycles. The Morgan fingerprint density at radius 3 is 2.56 bits per heavy atom. The third-order valence-corrected chi connectivity index (χ3v) is 6.13. The lowest BCUT2D eigenvalue weighted by Crippen LogP contribution is -2.12. The molecule has 2 heterocycles. The summed E-state index contributed by atoms with van der Waals surface area (Å²) in [6.45, 7) is 2.59. The maximum Gasteiger partial charge on any atom is 0.343 e. The van der Waals surface area contributed by atoms with E-state index in [4.69, 9.17) is 9.72 Å². The number of hydrogen-bond acceptors (Lipinski definition) is 8. The highest BCUT2D eigenvalue weighted by molar-refractivity contribution is 7.98. The Kier molecular flexibility index (Phi) is 7.14. The van der Waals surface area contributed by atoms with E-state index in [2.05, 4.69) is 44.9 Å². The minimum absolute atomic E-state index is 0.298. The van der Waals surface area contributed by atoms with Crippen molar-refractivity contribution in [2.45, 2.75) is 18.6 Å². The molecule has 2 aromatic carbocycles. The molecule has 0 fully saturated rings. The SMILES string of the molecule is CCOC(=O)c1cnc(SC)nc1NCc1ccc(-c2nc(-c3ccccc3)cs2)cc1. The van der Waals surface area contributed by atoms with Crippen LogP contribution in [0.1, 0.15) is 22.8 Å². The van der Waals surface area contributed by atoms with Gasteiger partial charge in [-0.25, -0.2) is 19.7 Å². The fourth-order valence-corrected chi connectivity index (χ4v) is 4.23. The zero-order chi connectivity index (χ0) is 22.3. The summed E-state index contributed by atoms with van der Waals surface area (Å²) in [4.78, 5) is 25.6. The molecule has 0 amide bonds. The lowest BCUT2D eigenvalue weighted by Gasteiger charge is -2.11. The van der Waals surface area contributed by atoms with Crippen molar-refractivity contribution < 1.29 is 9.53 Å². The summed E-state index contributed by atoms with van der Waals surface area (Å²) in [6, 6.07) is 18.4. The van der Waals surface area contributed by atoms with Gasteiger partial charge < -0.3 is 10.1 Å². The van der Waals surface area contributed by atoms with E-state index in [0.29, 0.717) is 29.7 Å². The number of esters is 1. The topological polar surface area (TPSA) is 77.0 Å². The van der Waals surface area contributed by atoms with Gasteiger partial charge in [0.2, 0.25) is 0 Å². The first-order valence-corrected chi connectivity index (χ1v) is 12.2. The highest BCUT2D eigenvalue weighted by atomic mass is 32.2. The normalized spacial score (nSPS) is 10.7. The van der Waals surface area contributed by atoms with E-state index in [1.54, 1.807) is 18.3 Å². The number of benzene rings is 2. The van der Waals surface area contributed by atoms with E-state index in [0.717, 1.165) is 27.4 Å². The van der Waals surface area contributed by atoms with Crippen molar-refractivity contribution in [1.29, 1.82) is 0 Å². The van der Waals surface area contributed by atoms with Crippen molar-refractivity contribution in [2.75, 3.05) is 18.2 Å². The molecular weight excluding hydrogens is 440 g/mol. The van der Waals surface area contributed by atoms with Crippen LogP contribution in [0.2, 0.25) is 0 Å². The summed E-state index contributed by atoms with van der Waals surface area (Å²) >= 11 is 3.05. The molecule has 32 heavy (non-hydrogen) atoms. The second-order valence-electron chi connectivity index (χ2n) is 6.79. The van der Waals surface area contributed by atoms with Crippen LogP contribution in [0.4, 0.5) is 5.82 Å². The Morgan fingerprint density at radius 2 is 1.84 bits per heavy atom. The molecule has 4 rings (SSSR count). The van der Waals surface area contributed by atoms with Crippen molar-refractivity contribution in [3.63, 3.8) is 0 Å². The predicted octanol–water partition coefficient (Wildman–Crippen LogP) is 5.78. The number of ether oxygens (including phenoxy) is 1. The fraction of sp³-hybridized carbons (Fsp3) is 0.167. The lowest BCUT2D eigenvalue weighted by molar-refractivity contribution is 0.0526. The van der Waals surface area contributed by atoms with E-state index in [1.165, 1.54) is 18.0 Å². The number of aromatic nitrogens is 3. The van der Waals surface area contributed by atoms with E-state index < -0.39 is 5.97 Å². The Bertz CT molecular complexity index is 1190. The van der Waals surface area contributed by atoms with Gasteiger partial charge in [0, 0.05) is 29.2 Å². The zero-order valence-corrected chi connectivity index (χ0v) is 19.4. The quantitative estimate of drug-likeness (QED) is 0.202. The van der Waals surface area contributed by atoms with Gasteiger partial charge in [-0.1, -0.05) is 66.4 Å². The van der Waals surface area contributed by atoms with Crippen molar-refractivity contribution in [3.8, 4) is 21.8 Å². The maximum atomic E-state index is 12.2. The monoisotopic (exact) mass is 462 g/mol. The number of carbonyl (C=O) groups excluding carboxylic acids is 1. The molecule has 4 aromatic rings. The van der Waals surface area contributed by atoms with Crippen LogP contribution in [0, 0.1) is 0 Å². The number of thioether (sulfide) groups is 1. The van der Waals surface area contributed by atoms with Gasteiger partial charge in [0.1, 0.15) is 16.4 Å². The minimum atomic E-state index is -0.434. The van der Waals surface area contributed by atoms with E-state index in [9.17, 15) is 4.79 Å². The molecule has 0 radical (unpaired) electrons. The Balaban J connectivity index is 1.47. The van der Waals surface area contributed by atoms with E-state index in [1.807, 2.05) is 36.6 Å². The number of nitrogens with one attached hydrogen (secondary N) is 1. The summed E-state index contributed by atoms with van der Waals surface area (Å²) in [5, 5.41) is 6.90. The van der Waals surface area contributed by atoms with Crippen molar-refractivity contribution in [1.82, 2.24) is 15.0 Å². The Morgan fingerprint density at radius 1 is 1.06 bits per heavy atom. The molecule has 2 aromatic heterocycles. The Hall–Kier alpha value is -3.23. The van der Waals surface area contributed by atoms with Crippen molar-refractivity contribution in [3.05, 3.63) is 77.3 Å². The van der Waals surface area contributed by atoms with Crippen LogP contribution in [0.15, 0.2) is 71.3 Å². The van der Waals surface area contributed by atoms with Gasteiger partial charge >= 0.3 is 5.97 Å². The first-order chi connectivity index (χ1) is 15.7. The number of hydrogen-bond donors (Lipinski definition) is 1. The van der Waals surface area contributed by atoms with Crippen LogP contribution in [-0.4, -0.2) is 33.8 Å². The number of thiazole rings is 1. The van der Waals surface area contributed by atoms with Gasteiger partial charge in [-0.2, -0.15) is 0 Å². The van der Waals surface area contributed by atoms with Crippen LogP contribution >= 0.6 is 23.1 Å². The average Bonchev–Trinajstić information content (AvgIpc) is 3.34. The van der Waals surface area contributed by atoms with Crippen LogP contribution in [0.25, 0.3) is 21.8 Å². The maximum absolute atomic E-state index is 12.2. The molecule has 0 spiro atoms. The first kappa shape index (κ1) is 22.0. The smallest absolute Gasteiger partial charge is 0.343 e. The summed E-state index contributed by atoms with van der Waals surface area (Å²) < 4.78 is 5.12. The number of anilines is 1. The summed E-state index contributed by atoms with van der Waals surface area (Å²) in [6.07, 6.45) is 3.40. The van der Waals surface area contributed by atoms with Crippen LogP contribution in [0.3, 0.4) is 0 Å². The molecule has 162 valence electrons. The van der Waals surface area contributed by atoms with Crippen LogP contribution < -0.4 is 5.32 Å². The molecule has 0 aliphatic rings. The predicted molar refractivity (Wildman–Crippen MR) is 130 cm³/mol. The minimum Gasteiger partial charge on any atom is -0.462 e. The molecule has 0 aliphatic carbocycles. The highest BCUT2D eigenvalue weighted by Gasteiger charge is 2.16. The average molecular weight is 463 g/mol. The molecule has 8 heteroatoms. The molecule has 0 aliphatic heterocycles. The third kappa shape index (κ3) is 5.15. The van der Waals surface area contributed by atoms with Crippen LogP contribution in [0.5, 0.6) is 0 Å². The van der Waals surface area contributed by atoms with Gasteiger partial charge in [-0.3, -0.25) is 0 Å². The highest BCUT2D eigenvalue weighted by Crippen LogP contribution is 2.29. The number of carbonyl (C=O) groups is 1. The van der Waals surface area contributed by atoms with E-state index >= 15 is 0 Å². The van der Waals surface area contributed by atoms with Crippen molar-refractivity contribution in [2.24, 2.45) is 0 Å². The molecule has 0 unspecified atom stereocenters. The fourth-order valence-electron chi connectivity index (χ4n) is 3.06. The molecule has 0 atom stereocenters. The van der Waals surface area contributed by atoms with Crippen molar-refractivity contribution >= 4 is 34.9 Å². The molecule has 0 bridgehead atoms. The third-order valence-electron chi connectivity index (χ3n) is 4.68. The lowest BCUT2D eigenvalue weighted by atomic mass is 10.1. The van der Waals surface area contributed by atoms with Gasteiger partial charge in [0.25, 0.3) is 0 Å². The number of rotatable bonds is 8. The van der Waals surface area contributed by atoms with Gasteiger partial charge in [0.15, 0.2) is 5.16 Å². The number of nitrogens with zero attached hydrogens (tertiary/aromatic N) is 3. The zero-order valence-electron chi connectivity index (χ0n) is 17.7. The summed E-state index contributed by atoms with van der Waals surface area (Å²) in [7, 11) is 0. The summed E-state index contributed by atoms with van der Waals surface area (Å²) in [5.41, 5.74) is 4.56.